The smallest absolute Gasteiger partial charge is 0.293 e. The molecule has 4 nitrogen and oxygen atoms in total. The molecule has 2 amide bonds. The molecule has 146 valence electrons. The summed E-state index contributed by atoms with van der Waals surface area (Å²) in [5.41, 5.74) is 1.95. The van der Waals surface area contributed by atoms with Crippen molar-refractivity contribution in [3.8, 4) is 5.75 Å². The van der Waals surface area contributed by atoms with Crippen molar-refractivity contribution < 1.29 is 14.3 Å². The lowest BCUT2D eigenvalue weighted by Gasteiger charge is -2.12. The maximum absolute atomic E-state index is 12.7. The molecule has 2 aromatic rings. The van der Waals surface area contributed by atoms with E-state index in [0.717, 1.165) is 33.1 Å². The van der Waals surface area contributed by atoms with Crippen LogP contribution in [0.5, 0.6) is 5.75 Å². The second kappa shape index (κ2) is 9.43. The summed E-state index contributed by atoms with van der Waals surface area (Å²) in [6.45, 7) is 5.21. The first-order chi connectivity index (χ1) is 13.4. The van der Waals surface area contributed by atoms with Crippen molar-refractivity contribution in [1.82, 2.24) is 4.90 Å². The van der Waals surface area contributed by atoms with Gasteiger partial charge < -0.3 is 4.74 Å². The van der Waals surface area contributed by atoms with Gasteiger partial charge in [-0.1, -0.05) is 50.2 Å². The molecule has 0 bridgehead atoms. The van der Waals surface area contributed by atoms with Crippen LogP contribution in [0.1, 0.15) is 25.0 Å². The minimum atomic E-state index is -0.234. The van der Waals surface area contributed by atoms with Gasteiger partial charge in [0.05, 0.1) is 16.0 Å². The summed E-state index contributed by atoms with van der Waals surface area (Å²) in [6, 6.07) is 15.5. The first kappa shape index (κ1) is 20.7. The second-order valence-electron chi connectivity index (χ2n) is 6.96. The van der Waals surface area contributed by atoms with Crippen molar-refractivity contribution in [1.29, 1.82) is 0 Å². The molecule has 0 saturated carbocycles. The number of carbonyl (C=O) groups excluding carboxylic acids is 2. The fourth-order valence-electron chi connectivity index (χ4n) is 2.71. The van der Waals surface area contributed by atoms with Crippen LogP contribution < -0.4 is 4.74 Å². The van der Waals surface area contributed by atoms with E-state index in [-0.39, 0.29) is 11.1 Å². The number of halogens is 1. The third kappa shape index (κ3) is 5.26. The Labute approximate surface area is 178 Å². The molecule has 6 heteroatoms. The Bertz CT molecular complexity index is 896. The summed E-state index contributed by atoms with van der Waals surface area (Å²) in [5.74, 6) is 0.970. The number of nitrogens with zero attached hydrogens (tertiary/aromatic N) is 1. The molecule has 28 heavy (non-hydrogen) atoms. The average Bonchev–Trinajstić information content (AvgIpc) is 2.93. The highest BCUT2D eigenvalue weighted by molar-refractivity contribution is 9.10. The van der Waals surface area contributed by atoms with Gasteiger partial charge in [0.2, 0.25) is 0 Å². The molecule has 1 aliphatic rings. The van der Waals surface area contributed by atoms with E-state index in [1.807, 2.05) is 48.5 Å². The Hall–Kier alpha value is -2.05. The molecule has 1 saturated heterocycles. The Kier molecular flexibility index (Phi) is 6.97. The van der Waals surface area contributed by atoms with Crippen LogP contribution in [0, 0.1) is 5.92 Å². The summed E-state index contributed by atoms with van der Waals surface area (Å²) >= 11 is 4.50. The number of imide groups is 1. The van der Waals surface area contributed by atoms with E-state index in [2.05, 4.69) is 29.8 Å². The Balaban J connectivity index is 1.68. The summed E-state index contributed by atoms with van der Waals surface area (Å²) in [4.78, 5) is 26.7. The molecular formula is C22H22BrNO3S. The topological polar surface area (TPSA) is 46.6 Å². The van der Waals surface area contributed by atoms with Gasteiger partial charge in [-0.05, 0) is 69.4 Å². The fraction of sp³-hybridized carbons (Fsp3) is 0.273. The molecule has 0 N–H and O–H groups in total. The van der Waals surface area contributed by atoms with Crippen molar-refractivity contribution in [3.05, 3.63) is 69.0 Å². The van der Waals surface area contributed by atoms with Crippen LogP contribution in [0.25, 0.3) is 6.08 Å². The fourth-order valence-corrected chi connectivity index (χ4v) is 4.09. The first-order valence-electron chi connectivity index (χ1n) is 9.15. The van der Waals surface area contributed by atoms with E-state index in [1.54, 1.807) is 6.08 Å². The zero-order valence-electron chi connectivity index (χ0n) is 15.9. The molecule has 0 aromatic heterocycles. The van der Waals surface area contributed by atoms with E-state index >= 15 is 0 Å². The number of hydrogen-bond donors (Lipinski definition) is 0. The zero-order chi connectivity index (χ0) is 20.1. The van der Waals surface area contributed by atoms with Crippen molar-refractivity contribution in [2.45, 2.75) is 20.3 Å². The summed E-state index contributed by atoms with van der Waals surface area (Å²) in [6.07, 6.45) is 2.41. The van der Waals surface area contributed by atoms with Crippen molar-refractivity contribution in [3.63, 3.8) is 0 Å². The summed E-state index contributed by atoms with van der Waals surface area (Å²) < 4.78 is 6.57. The van der Waals surface area contributed by atoms with Gasteiger partial charge in [0.1, 0.15) is 5.75 Å². The lowest BCUT2D eigenvalue weighted by Crippen LogP contribution is -2.30. The molecule has 3 rings (SSSR count). The monoisotopic (exact) mass is 459 g/mol. The minimum Gasteiger partial charge on any atom is -0.492 e. The van der Waals surface area contributed by atoms with Crippen molar-refractivity contribution >= 4 is 44.9 Å². The molecule has 1 aliphatic heterocycles. The lowest BCUT2D eigenvalue weighted by molar-refractivity contribution is -0.122. The van der Waals surface area contributed by atoms with Gasteiger partial charge in [0, 0.05) is 6.54 Å². The maximum Gasteiger partial charge on any atom is 0.293 e. The van der Waals surface area contributed by atoms with Crippen LogP contribution in [-0.2, 0) is 11.2 Å². The third-order valence-electron chi connectivity index (χ3n) is 4.17. The van der Waals surface area contributed by atoms with Crippen LogP contribution >= 0.6 is 27.7 Å². The lowest BCUT2D eigenvalue weighted by atomic mass is 10.1. The highest BCUT2D eigenvalue weighted by Gasteiger charge is 2.34. The molecule has 0 spiro atoms. The predicted molar refractivity (Wildman–Crippen MR) is 117 cm³/mol. The van der Waals surface area contributed by atoms with Gasteiger partial charge in [0.15, 0.2) is 0 Å². The highest BCUT2D eigenvalue weighted by atomic mass is 79.9. The molecule has 0 atom stereocenters. The van der Waals surface area contributed by atoms with Crippen LogP contribution in [0.4, 0.5) is 4.79 Å². The Morgan fingerprint density at radius 3 is 2.57 bits per heavy atom. The average molecular weight is 460 g/mol. The largest absolute Gasteiger partial charge is 0.492 e. The minimum absolute atomic E-state index is 0.219. The van der Waals surface area contributed by atoms with Crippen LogP contribution in [0.2, 0.25) is 0 Å². The van der Waals surface area contributed by atoms with E-state index in [4.69, 9.17) is 4.74 Å². The summed E-state index contributed by atoms with van der Waals surface area (Å²) in [5, 5.41) is -0.219. The van der Waals surface area contributed by atoms with Crippen molar-refractivity contribution in [2.24, 2.45) is 5.92 Å². The van der Waals surface area contributed by atoms with Gasteiger partial charge in [-0.15, -0.1) is 0 Å². The normalized spacial score (nSPS) is 15.7. The van der Waals surface area contributed by atoms with Crippen LogP contribution in [0.3, 0.4) is 0 Å². The first-order valence-corrected chi connectivity index (χ1v) is 10.8. The second-order valence-corrected chi connectivity index (χ2v) is 8.81. The molecule has 2 aromatic carbocycles. The highest BCUT2D eigenvalue weighted by Crippen LogP contribution is 2.34. The summed E-state index contributed by atoms with van der Waals surface area (Å²) in [7, 11) is 0. The SMILES string of the molecule is CC(C)COc1ccc(/C=C2/SC(=O)N(CCc3ccccc3)C2=O)cc1Br. The number of ether oxygens (including phenoxy) is 1. The van der Waals surface area contributed by atoms with Gasteiger partial charge in [0.25, 0.3) is 11.1 Å². The molecule has 0 unspecified atom stereocenters. The maximum atomic E-state index is 12.7. The number of benzene rings is 2. The number of thioether (sulfide) groups is 1. The number of amides is 2. The molecule has 0 aliphatic carbocycles. The molecule has 0 radical (unpaired) electrons. The van der Waals surface area contributed by atoms with Crippen LogP contribution in [-0.4, -0.2) is 29.2 Å². The molecule has 1 heterocycles. The predicted octanol–water partition coefficient (Wildman–Crippen LogP) is 5.76. The van der Waals surface area contributed by atoms with Crippen molar-refractivity contribution in [2.75, 3.05) is 13.2 Å². The number of carbonyl (C=O) groups is 2. The quantitative estimate of drug-likeness (QED) is 0.493. The van der Waals surface area contributed by atoms with Gasteiger partial charge in [-0.25, -0.2) is 0 Å². The number of hydrogen-bond acceptors (Lipinski definition) is 4. The number of rotatable bonds is 7. The van der Waals surface area contributed by atoms with Gasteiger partial charge >= 0.3 is 0 Å². The van der Waals surface area contributed by atoms with Gasteiger partial charge in [-0.3, -0.25) is 14.5 Å². The van der Waals surface area contributed by atoms with E-state index in [1.165, 1.54) is 4.90 Å². The Morgan fingerprint density at radius 2 is 1.89 bits per heavy atom. The van der Waals surface area contributed by atoms with E-state index in [0.29, 0.717) is 30.4 Å². The molecular weight excluding hydrogens is 438 g/mol. The zero-order valence-corrected chi connectivity index (χ0v) is 18.3. The third-order valence-corrected chi connectivity index (χ3v) is 5.69. The Morgan fingerprint density at radius 1 is 1.14 bits per heavy atom. The van der Waals surface area contributed by atoms with E-state index < -0.39 is 0 Å². The standard InChI is InChI=1S/C22H22BrNO3S/c1-15(2)14-27-19-9-8-17(12-18(19)23)13-20-21(25)24(22(26)28-20)11-10-16-6-4-3-5-7-16/h3-9,12-13,15H,10-11,14H2,1-2H3/b20-13+. The van der Waals surface area contributed by atoms with Crippen LogP contribution in [0.15, 0.2) is 57.9 Å². The van der Waals surface area contributed by atoms with Gasteiger partial charge in [-0.2, -0.15) is 0 Å². The van der Waals surface area contributed by atoms with E-state index in [9.17, 15) is 9.59 Å². The molecule has 1 fully saturated rings.